The average molecular weight is 498 g/mol. The summed E-state index contributed by atoms with van der Waals surface area (Å²) >= 11 is 0. The first-order valence-electron chi connectivity index (χ1n) is 12.2. The van der Waals surface area contributed by atoms with E-state index < -0.39 is 15.7 Å². The lowest BCUT2D eigenvalue weighted by molar-refractivity contribution is 0.0746. The molecule has 1 aliphatic carbocycles. The van der Waals surface area contributed by atoms with Crippen molar-refractivity contribution < 1.29 is 17.6 Å². The van der Waals surface area contributed by atoms with E-state index in [9.17, 15) is 17.6 Å². The van der Waals surface area contributed by atoms with Gasteiger partial charge in [-0.3, -0.25) is 4.79 Å². The Morgan fingerprint density at radius 1 is 1.11 bits per heavy atom. The minimum Gasteiger partial charge on any atom is -0.333 e. The van der Waals surface area contributed by atoms with E-state index in [1.165, 1.54) is 18.2 Å². The Bertz CT molecular complexity index is 1300. The van der Waals surface area contributed by atoms with Gasteiger partial charge in [-0.25, -0.2) is 17.8 Å². The van der Waals surface area contributed by atoms with E-state index in [1.807, 2.05) is 42.7 Å². The first-order valence-corrected chi connectivity index (χ1v) is 13.8. The normalized spacial score (nSPS) is 14.7. The molecule has 186 valence electrons. The number of aryl methyl sites for hydroxylation is 1. The number of amides is 1. The van der Waals surface area contributed by atoms with E-state index in [0.29, 0.717) is 12.2 Å². The largest absolute Gasteiger partial charge is 0.333 e. The number of benzene rings is 2. The summed E-state index contributed by atoms with van der Waals surface area (Å²) in [6, 6.07) is 13.1. The van der Waals surface area contributed by atoms with Crippen molar-refractivity contribution in [1.82, 2.24) is 14.5 Å². The van der Waals surface area contributed by atoms with Gasteiger partial charge in [0.25, 0.3) is 5.91 Å². The quantitative estimate of drug-likeness (QED) is 0.414. The summed E-state index contributed by atoms with van der Waals surface area (Å²) in [7, 11) is -3.71. The van der Waals surface area contributed by atoms with Crippen molar-refractivity contribution in [2.24, 2.45) is 0 Å². The highest BCUT2D eigenvalue weighted by Gasteiger charge is 2.30. The second kappa shape index (κ2) is 10.7. The van der Waals surface area contributed by atoms with Crippen LogP contribution in [0, 0.1) is 12.7 Å². The Kier molecular flexibility index (Phi) is 7.69. The number of imidazole rings is 1. The highest BCUT2D eigenvalue weighted by molar-refractivity contribution is 7.90. The van der Waals surface area contributed by atoms with Gasteiger partial charge in [0, 0.05) is 18.2 Å². The first-order chi connectivity index (χ1) is 16.8. The van der Waals surface area contributed by atoms with Crippen LogP contribution in [0.4, 0.5) is 4.39 Å². The van der Waals surface area contributed by atoms with Crippen molar-refractivity contribution in [3.05, 3.63) is 82.9 Å². The van der Waals surface area contributed by atoms with Gasteiger partial charge in [0.1, 0.15) is 5.82 Å². The fourth-order valence-corrected chi connectivity index (χ4v) is 6.39. The molecule has 0 N–H and O–H groups in total. The molecular weight excluding hydrogens is 465 g/mol. The lowest BCUT2D eigenvalue weighted by Crippen LogP contribution is -2.32. The Hall–Kier alpha value is -3.00. The first kappa shape index (κ1) is 25.1. The zero-order valence-electron chi connectivity index (χ0n) is 20.3. The van der Waals surface area contributed by atoms with Crippen LogP contribution in [0.5, 0.6) is 0 Å². The molecule has 0 saturated heterocycles. The molecule has 3 aromatic rings. The Morgan fingerprint density at radius 2 is 1.86 bits per heavy atom. The van der Waals surface area contributed by atoms with Crippen LogP contribution in [-0.4, -0.2) is 35.3 Å². The molecule has 1 heterocycles. The second-order valence-electron chi connectivity index (χ2n) is 9.27. The fraction of sp³-hybridized carbons (Fsp3) is 0.407. The summed E-state index contributed by atoms with van der Waals surface area (Å²) < 4.78 is 42.6. The molecule has 6 nitrogen and oxygen atoms in total. The molecular formula is C27H32FN3O3S. The number of sulfone groups is 1. The number of carbonyl (C=O) groups is 1. The van der Waals surface area contributed by atoms with Gasteiger partial charge in [0.15, 0.2) is 0 Å². The Balaban J connectivity index is 1.68. The Morgan fingerprint density at radius 3 is 2.54 bits per heavy atom. The van der Waals surface area contributed by atoms with Gasteiger partial charge in [0.05, 0.1) is 24.2 Å². The third-order valence-electron chi connectivity index (χ3n) is 6.59. The lowest BCUT2D eigenvalue weighted by Gasteiger charge is -2.28. The van der Waals surface area contributed by atoms with Crippen LogP contribution in [-0.2, 0) is 22.1 Å². The molecule has 35 heavy (non-hydrogen) atoms. The minimum atomic E-state index is -3.71. The third kappa shape index (κ3) is 5.81. The molecule has 8 heteroatoms. The molecule has 1 amide bonds. The zero-order chi connectivity index (χ0) is 25.0. The molecule has 0 bridgehead atoms. The standard InChI is InChI=1S/C27H32FN3O3S/c1-3-30(26(32)22-11-8-12-23(28)16-22)18-25-17-29-27(31(25)24-13-5-4-6-14-24)35(33,34)19-21-10-7-9-20(2)15-21/h7-12,15-17,24H,3-6,13-14,18-19H2,1-2H3. The SMILES string of the molecule is CCN(Cc1cnc(S(=O)(=O)Cc2cccc(C)c2)n1C1CCCCC1)C(=O)c1cccc(F)c1. The molecule has 0 atom stereocenters. The highest BCUT2D eigenvalue weighted by Crippen LogP contribution is 2.33. The molecule has 4 rings (SSSR count). The van der Waals surface area contributed by atoms with Crippen molar-refractivity contribution in [3.8, 4) is 0 Å². The van der Waals surface area contributed by atoms with Crippen molar-refractivity contribution in [3.63, 3.8) is 0 Å². The number of aromatic nitrogens is 2. The van der Waals surface area contributed by atoms with E-state index in [2.05, 4.69) is 4.98 Å². The number of carbonyl (C=O) groups excluding carboxylic acids is 1. The minimum absolute atomic E-state index is 0.0199. The zero-order valence-corrected chi connectivity index (χ0v) is 21.1. The molecule has 2 aromatic carbocycles. The predicted octanol–water partition coefficient (Wildman–Crippen LogP) is 5.47. The predicted molar refractivity (Wildman–Crippen MR) is 133 cm³/mol. The van der Waals surface area contributed by atoms with E-state index in [0.717, 1.165) is 43.2 Å². The number of hydrogen-bond donors (Lipinski definition) is 0. The van der Waals surface area contributed by atoms with Gasteiger partial charge in [-0.2, -0.15) is 0 Å². The number of halogens is 1. The van der Waals surface area contributed by atoms with Gasteiger partial charge >= 0.3 is 0 Å². The number of rotatable bonds is 8. The summed E-state index contributed by atoms with van der Waals surface area (Å²) in [6.45, 7) is 4.39. The maximum absolute atomic E-state index is 13.7. The van der Waals surface area contributed by atoms with Gasteiger partial charge in [0.2, 0.25) is 15.0 Å². The Labute approximate surface area is 206 Å². The molecule has 1 aromatic heterocycles. The number of nitrogens with zero attached hydrogens (tertiary/aromatic N) is 3. The van der Waals surface area contributed by atoms with Crippen LogP contribution in [0.25, 0.3) is 0 Å². The molecule has 0 radical (unpaired) electrons. The summed E-state index contributed by atoms with van der Waals surface area (Å²) in [5.74, 6) is -0.895. The van der Waals surface area contributed by atoms with Crippen molar-refractivity contribution in [1.29, 1.82) is 0 Å². The van der Waals surface area contributed by atoms with Gasteiger partial charge in [-0.05, 0) is 50.5 Å². The molecule has 0 spiro atoms. The summed E-state index contributed by atoms with van der Waals surface area (Å²) in [5.41, 5.74) is 2.68. The van der Waals surface area contributed by atoms with Crippen molar-refractivity contribution in [2.75, 3.05) is 6.54 Å². The molecule has 1 saturated carbocycles. The average Bonchev–Trinajstić information content (AvgIpc) is 3.27. The van der Waals surface area contributed by atoms with Crippen LogP contribution in [0.1, 0.15) is 72.2 Å². The van der Waals surface area contributed by atoms with E-state index in [4.69, 9.17) is 0 Å². The van der Waals surface area contributed by atoms with Gasteiger partial charge in [-0.15, -0.1) is 0 Å². The van der Waals surface area contributed by atoms with Crippen molar-refractivity contribution >= 4 is 15.7 Å². The number of hydrogen-bond acceptors (Lipinski definition) is 4. The molecule has 1 fully saturated rings. The topological polar surface area (TPSA) is 72.3 Å². The highest BCUT2D eigenvalue weighted by atomic mass is 32.2. The van der Waals surface area contributed by atoms with E-state index >= 15 is 0 Å². The fourth-order valence-electron chi connectivity index (χ4n) is 4.87. The van der Waals surface area contributed by atoms with Crippen LogP contribution < -0.4 is 0 Å². The maximum atomic E-state index is 13.7. The van der Waals surface area contributed by atoms with Crippen LogP contribution in [0.2, 0.25) is 0 Å². The third-order valence-corrected chi connectivity index (χ3v) is 8.16. The smallest absolute Gasteiger partial charge is 0.254 e. The second-order valence-corrected chi connectivity index (χ2v) is 11.2. The van der Waals surface area contributed by atoms with Gasteiger partial charge in [-0.1, -0.05) is 55.2 Å². The summed E-state index contributed by atoms with van der Waals surface area (Å²) in [6.07, 6.45) is 6.52. The van der Waals surface area contributed by atoms with Gasteiger partial charge < -0.3 is 9.47 Å². The molecule has 0 unspecified atom stereocenters. The van der Waals surface area contributed by atoms with Crippen molar-refractivity contribution in [2.45, 2.75) is 69.4 Å². The van der Waals surface area contributed by atoms with Crippen LogP contribution >= 0.6 is 0 Å². The molecule has 0 aliphatic heterocycles. The van der Waals surface area contributed by atoms with Crippen LogP contribution in [0.3, 0.4) is 0 Å². The maximum Gasteiger partial charge on any atom is 0.254 e. The summed E-state index contributed by atoms with van der Waals surface area (Å²) in [4.78, 5) is 19.1. The van der Waals surface area contributed by atoms with E-state index in [1.54, 1.807) is 17.2 Å². The summed E-state index contributed by atoms with van der Waals surface area (Å²) in [5, 5.41) is 0.0650. The van der Waals surface area contributed by atoms with Crippen LogP contribution in [0.15, 0.2) is 59.9 Å². The molecule has 1 aliphatic rings. The van der Waals surface area contributed by atoms with E-state index in [-0.39, 0.29) is 35.0 Å². The lowest BCUT2D eigenvalue weighted by atomic mass is 9.95. The monoisotopic (exact) mass is 497 g/mol.